The van der Waals surface area contributed by atoms with Gasteiger partial charge in [-0.05, 0) is 37.6 Å². The number of carbonyl (C=O) groups excluding carboxylic acids is 2. The van der Waals surface area contributed by atoms with Crippen LogP contribution < -0.4 is 16.0 Å². The van der Waals surface area contributed by atoms with Crippen LogP contribution in [0.4, 0.5) is 4.39 Å². The monoisotopic (exact) mass is 293 g/mol. The summed E-state index contributed by atoms with van der Waals surface area (Å²) in [6.45, 7) is 3.91. The van der Waals surface area contributed by atoms with E-state index in [1.807, 2.05) is 0 Å². The van der Waals surface area contributed by atoms with Gasteiger partial charge in [0.05, 0.1) is 5.92 Å². The molecule has 3 N–H and O–H groups in total. The molecule has 1 aromatic carbocycles. The highest BCUT2D eigenvalue weighted by atomic mass is 19.1. The largest absolute Gasteiger partial charge is 0.354 e. The lowest BCUT2D eigenvalue weighted by Crippen LogP contribution is -2.38. The fourth-order valence-electron chi connectivity index (χ4n) is 2.22. The van der Waals surface area contributed by atoms with Crippen LogP contribution in [0, 0.1) is 18.7 Å². The van der Waals surface area contributed by atoms with Gasteiger partial charge >= 0.3 is 0 Å². The summed E-state index contributed by atoms with van der Waals surface area (Å²) in [5.41, 5.74) is 0.786. The van der Waals surface area contributed by atoms with E-state index in [4.69, 9.17) is 0 Å². The first-order valence-corrected chi connectivity index (χ1v) is 7.10. The van der Waals surface area contributed by atoms with Crippen molar-refractivity contribution in [2.24, 2.45) is 5.92 Å². The Hall–Kier alpha value is -1.95. The van der Waals surface area contributed by atoms with E-state index in [0.29, 0.717) is 25.2 Å². The SMILES string of the molecule is Cc1ccc(C(=O)NCCNC(=O)C2CCNC2)cc1F. The first-order valence-electron chi connectivity index (χ1n) is 7.10. The zero-order chi connectivity index (χ0) is 15.2. The van der Waals surface area contributed by atoms with Crippen LogP contribution in [0.2, 0.25) is 0 Å². The third-order valence-corrected chi connectivity index (χ3v) is 3.57. The minimum atomic E-state index is -0.398. The summed E-state index contributed by atoms with van der Waals surface area (Å²) in [5.74, 6) is -0.710. The van der Waals surface area contributed by atoms with Crippen LogP contribution in [-0.2, 0) is 4.79 Å². The standard InChI is InChI=1S/C15H20FN3O2/c1-10-2-3-11(8-13(10)16)14(20)18-6-7-19-15(21)12-4-5-17-9-12/h2-3,8,12,17H,4-7,9H2,1H3,(H,18,20)(H,19,21). The number of carbonyl (C=O) groups is 2. The number of hydrogen-bond donors (Lipinski definition) is 3. The van der Waals surface area contributed by atoms with E-state index in [9.17, 15) is 14.0 Å². The molecular formula is C15H20FN3O2. The molecule has 0 radical (unpaired) electrons. The lowest BCUT2D eigenvalue weighted by atomic mass is 10.1. The van der Waals surface area contributed by atoms with Crippen molar-refractivity contribution < 1.29 is 14.0 Å². The Labute approximate surface area is 123 Å². The minimum absolute atomic E-state index is 0.00984. The van der Waals surface area contributed by atoms with Gasteiger partial charge in [0.1, 0.15) is 5.82 Å². The van der Waals surface area contributed by atoms with Gasteiger partial charge in [-0.25, -0.2) is 4.39 Å². The lowest BCUT2D eigenvalue weighted by molar-refractivity contribution is -0.124. The number of hydrogen-bond acceptors (Lipinski definition) is 3. The maximum Gasteiger partial charge on any atom is 0.251 e. The number of amides is 2. The van der Waals surface area contributed by atoms with Gasteiger partial charge in [-0.3, -0.25) is 9.59 Å². The maximum atomic E-state index is 13.4. The van der Waals surface area contributed by atoms with Crippen LogP contribution in [0.5, 0.6) is 0 Å². The smallest absolute Gasteiger partial charge is 0.251 e. The van der Waals surface area contributed by atoms with Crippen molar-refractivity contribution in [1.82, 2.24) is 16.0 Å². The van der Waals surface area contributed by atoms with Gasteiger partial charge in [0.25, 0.3) is 5.91 Å². The molecule has 0 spiro atoms. The molecule has 21 heavy (non-hydrogen) atoms. The molecule has 1 fully saturated rings. The fourth-order valence-corrected chi connectivity index (χ4v) is 2.22. The van der Waals surface area contributed by atoms with Gasteiger partial charge in [-0.1, -0.05) is 6.07 Å². The summed E-state index contributed by atoms with van der Waals surface area (Å²) in [4.78, 5) is 23.5. The van der Waals surface area contributed by atoms with Crippen molar-refractivity contribution in [3.05, 3.63) is 35.1 Å². The Morgan fingerprint density at radius 3 is 2.76 bits per heavy atom. The number of nitrogens with one attached hydrogen (secondary N) is 3. The summed E-state index contributed by atoms with van der Waals surface area (Å²) in [7, 11) is 0. The zero-order valence-corrected chi connectivity index (χ0v) is 12.0. The second kappa shape index (κ2) is 7.17. The third kappa shape index (κ3) is 4.26. The number of rotatable bonds is 5. The highest BCUT2D eigenvalue weighted by Crippen LogP contribution is 2.09. The molecule has 1 aliphatic rings. The summed E-state index contributed by atoms with van der Waals surface area (Å²) in [6.07, 6.45) is 0.848. The van der Waals surface area contributed by atoms with Crippen LogP contribution in [0.1, 0.15) is 22.3 Å². The number of benzene rings is 1. The molecule has 1 atom stereocenters. The molecule has 1 saturated heterocycles. The minimum Gasteiger partial charge on any atom is -0.354 e. The van der Waals surface area contributed by atoms with Gasteiger partial charge in [0, 0.05) is 25.2 Å². The summed E-state index contributed by atoms with van der Waals surface area (Å²) in [6, 6.07) is 4.36. The van der Waals surface area contributed by atoms with E-state index in [-0.39, 0.29) is 23.3 Å². The van der Waals surface area contributed by atoms with E-state index >= 15 is 0 Å². The van der Waals surface area contributed by atoms with Gasteiger partial charge < -0.3 is 16.0 Å². The van der Waals surface area contributed by atoms with Gasteiger partial charge in [-0.2, -0.15) is 0 Å². The molecule has 0 bridgehead atoms. The molecule has 6 heteroatoms. The Bertz CT molecular complexity index is 528. The molecular weight excluding hydrogens is 273 g/mol. The first-order chi connectivity index (χ1) is 10.1. The topological polar surface area (TPSA) is 70.2 Å². The number of aryl methyl sites for hydroxylation is 1. The van der Waals surface area contributed by atoms with Crippen LogP contribution in [0.25, 0.3) is 0 Å². The second-order valence-electron chi connectivity index (χ2n) is 5.20. The molecule has 2 rings (SSSR count). The Morgan fingerprint density at radius 2 is 2.10 bits per heavy atom. The summed E-state index contributed by atoms with van der Waals surface area (Å²) < 4.78 is 13.4. The lowest BCUT2D eigenvalue weighted by Gasteiger charge is -2.10. The van der Waals surface area contributed by atoms with Crippen molar-refractivity contribution in [2.45, 2.75) is 13.3 Å². The van der Waals surface area contributed by atoms with Gasteiger partial charge in [-0.15, -0.1) is 0 Å². The van der Waals surface area contributed by atoms with Gasteiger partial charge in [0.2, 0.25) is 5.91 Å². The normalized spacial score (nSPS) is 17.5. The van der Waals surface area contributed by atoms with E-state index in [0.717, 1.165) is 13.0 Å². The van der Waals surface area contributed by atoms with Crippen LogP contribution in [-0.4, -0.2) is 38.0 Å². The van der Waals surface area contributed by atoms with E-state index in [1.54, 1.807) is 19.1 Å². The van der Waals surface area contributed by atoms with E-state index in [2.05, 4.69) is 16.0 Å². The predicted octanol–water partition coefficient (Wildman–Crippen LogP) is 0.590. The van der Waals surface area contributed by atoms with E-state index < -0.39 is 5.82 Å². The van der Waals surface area contributed by atoms with Crippen LogP contribution >= 0.6 is 0 Å². The number of halogens is 1. The molecule has 114 valence electrons. The fraction of sp³-hybridized carbons (Fsp3) is 0.467. The average Bonchev–Trinajstić information content (AvgIpc) is 3.00. The molecule has 5 nitrogen and oxygen atoms in total. The quantitative estimate of drug-likeness (QED) is 0.696. The molecule has 1 heterocycles. The average molecular weight is 293 g/mol. The molecule has 1 unspecified atom stereocenters. The van der Waals surface area contributed by atoms with Crippen molar-refractivity contribution in [1.29, 1.82) is 0 Å². The molecule has 1 aliphatic heterocycles. The molecule has 0 aliphatic carbocycles. The molecule has 0 saturated carbocycles. The van der Waals surface area contributed by atoms with Gasteiger partial charge in [0.15, 0.2) is 0 Å². The highest BCUT2D eigenvalue weighted by Gasteiger charge is 2.21. The van der Waals surface area contributed by atoms with Crippen molar-refractivity contribution in [2.75, 3.05) is 26.2 Å². The zero-order valence-electron chi connectivity index (χ0n) is 12.0. The second-order valence-corrected chi connectivity index (χ2v) is 5.20. The van der Waals surface area contributed by atoms with Crippen LogP contribution in [0.3, 0.4) is 0 Å². The molecule has 0 aromatic heterocycles. The highest BCUT2D eigenvalue weighted by molar-refractivity contribution is 5.94. The third-order valence-electron chi connectivity index (χ3n) is 3.57. The van der Waals surface area contributed by atoms with E-state index in [1.165, 1.54) is 6.07 Å². The van der Waals surface area contributed by atoms with Crippen molar-refractivity contribution in [3.8, 4) is 0 Å². The molecule has 1 aromatic rings. The Kier molecular flexibility index (Phi) is 5.27. The molecule has 2 amide bonds. The van der Waals surface area contributed by atoms with Crippen molar-refractivity contribution >= 4 is 11.8 Å². The maximum absolute atomic E-state index is 13.4. The van der Waals surface area contributed by atoms with Crippen LogP contribution in [0.15, 0.2) is 18.2 Å². The predicted molar refractivity (Wildman–Crippen MR) is 77.5 cm³/mol. The summed E-state index contributed by atoms with van der Waals surface area (Å²) in [5, 5.41) is 8.57. The van der Waals surface area contributed by atoms with Crippen molar-refractivity contribution in [3.63, 3.8) is 0 Å². The Balaban J connectivity index is 1.71. The Morgan fingerprint density at radius 1 is 1.33 bits per heavy atom. The first kappa shape index (κ1) is 15.4. The summed E-state index contributed by atoms with van der Waals surface area (Å²) >= 11 is 0.